The minimum Gasteiger partial charge on any atom is -0.759 e. The average Bonchev–Trinajstić information content (AvgIpc) is 2.78. The number of unbranched alkanes of at least 4 members (excludes halogenated alkanes) is 16. The SMILES string of the molecule is CCCCCCCCCCCOCCOCCOCCCCCCCCCCC.O=S(=O)([O-])[O-].[Na+].[Na+]. The first-order valence-electron chi connectivity index (χ1n) is 13.8. The second kappa shape index (κ2) is 38.9. The summed E-state index contributed by atoms with van der Waals surface area (Å²) in [6.07, 6.45) is 24.5. The summed E-state index contributed by atoms with van der Waals surface area (Å²) in [6.45, 7) is 9.14. The van der Waals surface area contributed by atoms with Gasteiger partial charge in [-0.1, -0.05) is 117 Å². The van der Waals surface area contributed by atoms with Gasteiger partial charge >= 0.3 is 59.1 Å². The van der Waals surface area contributed by atoms with Gasteiger partial charge in [-0.25, -0.2) is 0 Å². The molecule has 0 rings (SSSR count). The Labute approximate surface area is 268 Å². The predicted octanol–water partition coefficient (Wildman–Crippen LogP) is 0.768. The van der Waals surface area contributed by atoms with Gasteiger partial charge < -0.3 is 23.3 Å². The predicted molar refractivity (Wildman–Crippen MR) is 137 cm³/mol. The Kier molecular flexibility index (Phi) is 48.4. The molecule has 10 heteroatoms. The Morgan fingerprint density at radius 1 is 0.417 bits per heavy atom. The summed E-state index contributed by atoms with van der Waals surface area (Å²) < 4.78 is 50.9. The second-order valence-corrected chi connectivity index (χ2v) is 9.72. The normalized spacial score (nSPS) is 10.8. The molecule has 0 aromatic heterocycles. The van der Waals surface area contributed by atoms with Gasteiger partial charge in [-0.15, -0.1) is 0 Å². The quantitative estimate of drug-likeness (QED) is 0.0670. The van der Waals surface area contributed by atoms with E-state index in [1.54, 1.807) is 0 Å². The van der Waals surface area contributed by atoms with Crippen molar-refractivity contribution < 1.29 is 90.8 Å². The molecule has 0 heterocycles. The van der Waals surface area contributed by atoms with E-state index >= 15 is 0 Å². The third-order valence-electron chi connectivity index (χ3n) is 5.53. The maximum atomic E-state index is 8.52. The molecule has 0 saturated carbocycles. The standard InChI is InChI=1S/C26H54O3.2Na.H2O4S/c1-3-5-7-9-11-13-15-17-19-21-27-23-25-29-26-24-28-22-20-18-16-14-12-10-8-6-4-2;;;1-5(2,3)4/h3-26H2,1-2H3;;;(H2,1,2,3,4)/q;2*+1;/p-2. The fourth-order valence-corrected chi connectivity index (χ4v) is 3.57. The Bertz CT molecular complexity index is 435. The minimum atomic E-state index is -5.17. The van der Waals surface area contributed by atoms with Gasteiger partial charge in [0, 0.05) is 23.6 Å². The smallest absolute Gasteiger partial charge is 0.759 e. The van der Waals surface area contributed by atoms with Crippen LogP contribution in [-0.2, 0) is 24.6 Å². The van der Waals surface area contributed by atoms with Crippen molar-refractivity contribution in [3.05, 3.63) is 0 Å². The van der Waals surface area contributed by atoms with E-state index in [0.717, 1.165) is 26.4 Å². The maximum Gasteiger partial charge on any atom is 1.00 e. The first-order chi connectivity index (χ1) is 16.4. The first-order valence-corrected chi connectivity index (χ1v) is 15.1. The third-order valence-corrected chi connectivity index (χ3v) is 5.53. The molecular formula is C26H54Na2O7S. The zero-order chi connectivity index (χ0) is 25.6. The maximum absolute atomic E-state index is 8.52. The van der Waals surface area contributed by atoms with Crippen LogP contribution in [0.4, 0.5) is 0 Å². The van der Waals surface area contributed by atoms with Crippen LogP contribution in [0.15, 0.2) is 0 Å². The van der Waals surface area contributed by atoms with E-state index in [2.05, 4.69) is 13.8 Å². The van der Waals surface area contributed by atoms with Crippen molar-refractivity contribution in [3.63, 3.8) is 0 Å². The monoisotopic (exact) mass is 556 g/mol. The van der Waals surface area contributed by atoms with Crippen LogP contribution in [0.1, 0.15) is 129 Å². The summed E-state index contributed by atoms with van der Waals surface area (Å²) in [7, 11) is -5.17. The van der Waals surface area contributed by atoms with Gasteiger partial charge in [0.1, 0.15) is 0 Å². The number of hydrogen-bond acceptors (Lipinski definition) is 7. The van der Waals surface area contributed by atoms with Crippen molar-refractivity contribution in [2.24, 2.45) is 0 Å². The molecule has 0 aliphatic carbocycles. The number of hydrogen-bond donors (Lipinski definition) is 0. The van der Waals surface area contributed by atoms with Gasteiger partial charge in [-0.2, -0.15) is 0 Å². The number of ether oxygens (including phenoxy) is 3. The van der Waals surface area contributed by atoms with Crippen molar-refractivity contribution >= 4 is 10.4 Å². The Hall–Kier alpha value is 1.75. The fraction of sp³-hybridized carbons (Fsp3) is 1.00. The van der Waals surface area contributed by atoms with Crippen LogP contribution in [-0.4, -0.2) is 57.2 Å². The summed E-state index contributed by atoms with van der Waals surface area (Å²) in [5.74, 6) is 0. The molecule has 7 nitrogen and oxygen atoms in total. The van der Waals surface area contributed by atoms with Crippen molar-refractivity contribution in [3.8, 4) is 0 Å². The van der Waals surface area contributed by atoms with Crippen LogP contribution in [0.25, 0.3) is 0 Å². The van der Waals surface area contributed by atoms with E-state index in [-0.39, 0.29) is 59.1 Å². The van der Waals surface area contributed by atoms with Crippen LogP contribution in [0.2, 0.25) is 0 Å². The molecule has 0 amide bonds. The van der Waals surface area contributed by atoms with Gasteiger partial charge in [-0.3, -0.25) is 8.42 Å². The molecule has 0 fully saturated rings. The molecule has 36 heavy (non-hydrogen) atoms. The zero-order valence-electron chi connectivity index (χ0n) is 24.2. The molecule has 0 aliphatic rings. The van der Waals surface area contributed by atoms with Gasteiger partial charge in [0.2, 0.25) is 0 Å². The van der Waals surface area contributed by atoms with E-state index in [1.807, 2.05) is 0 Å². The second-order valence-electron chi connectivity index (χ2n) is 8.90. The van der Waals surface area contributed by atoms with Crippen LogP contribution in [0.3, 0.4) is 0 Å². The fourth-order valence-electron chi connectivity index (χ4n) is 3.57. The molecule has 0 aromatic carbocycles. The molecule has 0 bridgehead atoms. The van der Waals surface area contributed by atoms with Gasteiger partial charge in [-0.05, 0) is 12.8 Å². The Morgan fingerprint density at radius 2 is 0.611 bits per heavy atom. The van der Waals surface area contributed by atoms with E-state index in [4.69, 9.17) is 31.7 Å². The summed E-state index contributed by atoms with van der Waals surface area (Å²) in [6, 6.07) is 0. The largest absolute Gasteiger partial charge is 1.00 e. The molecule has 208 valence electrons. The van der Waals surface area contributed by atoms with E-state index in [0.29, 0.717) is 13.2 Å². The van der Waals surface area contributed by atoms with Crippen molar-refractivity contribution in [2.75, 3.05) is 39.6 Å². The molecule has 0 spiro atoms. The van der Waals surface area contributed by atoms with Gasteiger partial charge in [0.15, 0.2) is 0 Å². The first kappa shape index (κ1) is 44.8. The summed E-state index contributed by atoms with van der Waals surface area (Å²) >= 11 is 0. The van der Waals surface area contributed by atoms with Crippen LogP contribution in [0.5, 0.6) is 0 Å². The van der Waals surface area contributed by atoms with Crippen LogP contribution in [0, 0.1) is 0 Å². The van der Waals surface area contributed by atoms with E-state index < -0.39 is 10.4 Å². The molecular weight excluding hydrogens is 502 g/mol. The van der Waals surface area contributed by atoms with Crippen molar-refractivity contribution in [2.45, 2.75) is 129 Å². The molecule has 0 N–H and O–H groups in total. The minimum absolute atomic E-state index is 0. The van der Waals surface area contributed by atoms with E-state index in [1.165, 1.54) is 116 Å². The van der Waals surface area contributed by atoms with Crippen molar-refractivity contribution in [1.29, 1.82) is 0 Å². The molecule has 0 atom stereocenters. The van der Waals surface area contributed by atoms with E-state index in [9.17, 15) is 0 Å². The molecule has 0 radical (unpaired) electrons. The topological polar surface area (TPSA) is 108 Å². The number of rotatable bonds is 26. The summed E-state index contributed by atoms with van der Waals surface area (Å²) in [4.78, 5) is 0. The van der Waals surface area contributed by atoms with Crippen LogP contribution >= 0.6 is 0 Å². The van der Waals surface area contributed by atoms with Crippen LogP contribution < -0.4 is 59.1 Å². The molecule has 0 aromatic rings. The third kappa shape index (κ3) is 56.1. The summed E-state index contributed by atoms with van der Waals surface area (Å²) in [5, 5.41) is 0. The van der Waals surface area contributed by atoms with Gasteiger partial charge in [0.25, 0.3) is 0 Å². The average molecular weight is 557 g/mol. The molecule has 0 aliphatic heterocycles. The molecule has 0 saturated heterocycles. The Morgan fingerprint density at radius 3 is 0.861 bits per heavy atom. The van der Waals surface area contributed by atoms with Crippen molar-refractivity contribution in [1.82, 2.24) is 0 Å². The summed E-state index contributed by atoms with van der Waals surface area (Å²) in [5.41, 5.74) is 0. The molecule has 0 unspecified atom stereocenters. The van der Waals surface area contributed by atoms with Gasteiger partial charge in [0.05, 0.1) is 26.4 Å². The zero-order valence-corrected chi connectivity index (χ0v) is 29.1. The Balaban J connectivity index is -0.000000661.